The maximum atomic E-state index is 10.4. The van der Waals surface area contributed by atoms with E-state index in [0.29, 0.717) is 12.2 Å². The first-order valence-corrected chi connectivity index (χ1v) is 8.04. The predicted octanol–water partition coefficient (Wildman–Crippen LogP) is 3.99. The molecule has 1 atom stereocenters. The molecule has 3 aliphatic rings. The van der Waals surface area contributed by atoms with Crippen LogP contribution in [-0.4, -0.2) is 22.4 Å². The lowest BCUT2D eigenvalue weighted by Crippen LogP contribution is -2.47. The highest BCUT2D eigenvalue weighted by Gasteiger charge is 2.51. The molecule has 1 aliphatic heterocycles. The summed E-state index contributed by atoms with van der Waals surface area (Å²) in [4.78, 5) is 0. The van der Waals surface area contributed by atoms with Crippen LogP contribution in [0.15, 0.2) is 22.7 Å². The molecule has 0 amide bonds. The summed E-state index contributed by atoms with van der Waals surface area (Å²) in [6.07, 6.45) is 7.81. The van der Waals surface area contributed by atoms with Gasteiger partial charge in [-0.1, -0.05) is 13.8 Å². The fourth-order valence-electron chi connectivity index (χ4n) is 4.28. The van der Waals surface area contributed by atoms with Crippen molar-refractivity contribution in [2.75, 3.05) is 6.61 Å². The lowest BCUT2D eigenvalue weighted by molar-refractivity contribution is -0.105. The van der Waals surface area contributed by atoms with Gasteiger partial charge < -0.3 is 14.9 Å². The van der Waals surface area contributed by atoms with Crippen molar-refractivity contribution in [3.8, 4) is 0 Å². The van der Waals surface area contributed by atoms with E-state index in [1.54, 1.807) is 0 Å². The topological polar surface area (TPSA) is 49.7 Å². The normalized spacial score (nSPS) is 31.9. The Kier molecular flexibility index (Phi) is 3.36. The first kappa shape index (κ1) is 14.0. The minimum absolute atomic E-state index is 0.0334. The lowest BCUT2D eigenvalue weighted by Gasteiger charge is -2.52. The molecular weight excluding hydrogens is 252 g/mol. The van der Waals surface area contributed by atoms with Gasteiger partial charge in [0.1, 0.15) is 11.4 Å². The predicted molar refractivity (Wildman–Crippen MR) is 78.3 cm³/mol. The minimum Gasteiger partial charge on any atom is -0.512 e. The molecule has 112 valence electrons. The zero-order valence-corrected chi connectivity index (χ0v) is 12.7. The fourth-order valence-corrected chi connectivity index (χ4v) is 4.28. The van der Waals surface area contributed by atoms with Crippen LogP contribution in [-0.2, 0) is 4.74 Å². The molecule has 0 aromatic heterocycles. The molecule has 20 heavy (non-hydrogen) atoms. The second-order valence-corrected chi connectivity index (χ2v) is 6.62. The van der Waals surface area contributed by atoms with Crippen molar-refractivity contribution in [3.05, 3.63) is 22.7 Å². The largest absolute Gasteiger partial charge is 0.512 e. The molecule has 1 heterocycles. The summed E-state index contributed by atoms with van der Waals surface area (Å²) in [7, 11) is 0. The molecule has 2 N–H and O–H groups in total. The van der Waals surface area contributed by atoms with Gasteiger partial charge >= 0.3 is 0 Å². The summed E-state index contributed by atoms with van der Waals surface area (Å²) in [6.45, 7) is 4.17. The van der Waals surface area contributed by atoms with Crippen LogP contribution < -0.4 is 0 Å². The van der Waals surface area contributed by atoms with E-state index >= 15 is 0 Å². The van der Waals surface area contributed by atoms with E-state index in [-0.39, 0.29) is 12.2 Å². The van der Waals surface area contributed by atoms with Crippen molar-refractivity contribution < 1.29 is 14.9 Å². The van der Waals surface area contributed by atoms with Crippen molar-refractivity contribution in [2.45, 2.75) is 70.8 Å². The van der Waals surface area contributed by atoms with Crippen LogP contribution in [0, 0.1) is 5.41 Å². The average Bonchev–Trinajstić information content (AvgIpc) is 2.43. The molecule has 1 fully saturated rings. The molecule has 0 radical (unpaired) electrons. The van der Waals surface area contributed by atoms with E-state index in [4.69, 9.17) is 4.74 Å². The number of allylic oxidation sites excluding steroid dienone is 1. The number of ether oxygens (including phenoxy) is 1. The zero-order valence-electron chi connectivity index (χ0n) is 12.7. The second-order valence-electron chi connectivity index (χ2n) is 6.62. The van der Waals surface area contributed by atoms with Crippen molar-refractivity contribution >= 4 is 0 Å². The van der Waals surface area contributed by atoms with E-state index in [2.05, 4.69) is 13.8 Å². The van der Waals surface area contributed by atoms with Crippen molar-refractivity contribution in [1.29, 1.82) is 0 Å². The van der Waals surface area contributed by atoms with Crippen LogP contribution in [0.5, 0.6) is 0 Å². The summed E-state index contributed by atoms with van der Waals surface area (Å²) in [6, 6.07) is 0. The summed E-state index contributed by atoms with van der Waals surface area (Å²) in [5, 5.41) is 20.5. The Bertz CT molecular complexity index is 465. The summed E-state index contributed by atoms with van der Waals surface area (Å²) in [5.74, 6) is 1.47. The van der Waals surface area contributed by atoms with Gasteiger partial charge in [0, 0.05) is 6.42 Å². The zero-order chi connectivity index (χ0) is 14.4. The minimum atomic E-state index is -0.477. The first-order chi connectivity index (χ1) is 9.61. The standard InChI is InChI=1S/C17H26O3/c1-3-13-14(19)10-12-6-9-16(7-5-8-16)20-15(12)17(13,4-2)11-18/h18-19H,3-11H2,1-2H3. The van der Waals surface area contributed by atoms with Gasteiger partial charge in [-0.05, 0) is 56.1 Å². The highest BCUT2D eigenvalue weighted by molar-refractivity contribution is 5.40. The molecular formula is C17H26O3. The van der Waals surface area contributed by atoms with Gasteiger partial charge in [0.25, 0.3) is 0 Å². The third-order valence-electron chi connectivity index (χ3n) is 5.76. The van der Waals surface area contributed by atoms with E-state index < -0.39 is 5.41 Å². The van der Waals surface area contributed by atoms with Gasteiger partial charge in [0.05, 0.1) is 17.8 Å². The van der Waals surface area contributed by atoms with E-state index in [1.807, 2.05) is 0 Å². The third-order valence-corrected chi connectivity index (χ3v) is 5.76. The van der Waals surface area contributed by atoms with Crippen molar-refractivity contribution in [2.24, 2.45) is 5.41 Å². The number of rotatable bonds is 3. The maximum absolute atomic E-state index is 10.4. The van der Waals surface area contributed by atoms with Gasteiger partial charge in [-0.3, -0.25) is 0 Å². The molecule has 0 aromatic rings. The third kappa shape index (κ3) is 1.75. The molecule has 1 unspecified atom stereocenters. The summed E-state index contributed by atoms with van der Waals surface area (Å²) >= 11 is 0. The van der Waals surface area contributed by atoms with Crippen LogP contribution in [0.4, 0.5) is 0 Å². The quantitative estimate of drug-likeness (QED) is 0.820. The van der Waals surface area contributed by atoms with Crippen molar-refractivity contribution in [1.82, 2.24) is 0 Å². The van der Waals surface area contributed by atoms with Gasteiger partial charge in [-0.15, -0.1) is 0 Å². The van der Waals surface area contributed by atoms with Crippen molar-refractivity contribution in [3.63, 3.8) is 0 Å². The lowest BCUT2D eigenvalue weighted by atomic mass is 9.65. The Morgan fingerprint density at radius 3 is 2.45 bits per heavy atom. The molecule has 0 aromatic carbocycles. The van der Waals surface area contributed by atoms with Crippen LogP contribution in [0.3, 0.4) is 0 Å². The van der Waals surface area contributed by atoms with Gasteiger partial charge in [-0.25, -0.2) is 0 Å². The Hall–Kier alpha value is -0.960. The number of hydrogen-bond acceptors (Lipinski definition) is 3. The van der Waals surface area contributed by atoms with Crippen LogP contribution in [0.1, 0.15) is 65.2 Å². The Balaban J connectivity index is 2.04. The molecule has 1 spiro atoms. The van der Waals surface area contributed by atoms with Crippen LogP contribution in [0.25, 0.3) is 0 Å². The summed E-state index contributed by atoms with van der Waals surface area (Å²) in [5.41, 5.74) is 1.76. The first-order valence-electron chi connectivity index (χ1n) is 8.04. The molecule has 1 saturated carbocycles. The molecule has 0 bridgehead atoms. The molecule has 3 rings (SSSR count). The Morgan fingerprint density at radius 1 is 1.20 bits per heavy atom. The van der Waals surface area contributed by atoms with E-state index in [9.17, 15) is 10.2 Å². The Labute approximate surface area is 121 Å². The molecule has 3 nitrogen and oxygen atoms in total. The second kappa shape index (κ2) is 4.80. The number of hydrogen-bond donors (Lipinski definition) is 2. The molecule has 0 saturated heterocycles. The van der Waals surface area contributed by atoms with Gasteiger partial charge in [-0.2, -0.15) is 0 Å². The highest BCUT2D eigenvalue weighted by Crippen LogP contribution is 2.56. The Morgan fingerprint density at radius 2 is 1.95 bits per heavy atom. The molecule has 2 aliphatic carbocycles. The molecule has 3 heteroatoms. The van der Waals surface area contributed by atoms with Gasteiger partial charge in [0.15, 0.2) is 0 Å². The van der Waals surface area contributed by atoms with Crippen LogP contribution in [0.2, 0.25) is 0 Å². The fraction of sp³-hybridized carbons (Fsp3) is 0.765. The summed E-state index contributed by atoms with van der Waals surface area (Å²) < 4.78 is 6.47. The van der Waals surface area contributed by atoms with E-state index in [0.717, 1.165) is 49.9 Å². The number of aliphatic hydroxyl groups excluding tert-OH is 2. The smallest absolute Gasteiger partial charge is 0.109 e. The maximum Gasteiger partial charge on any atom is 0.109 e. The monoisotopic (exact) mass is 278 g/mol. The van der Waals surface area contributed by atoms with Gasteiger partial charge in [0.2, 0.25) is 0 Å². The number of aliphatic hydroxyl groups is 2. The van der Waals surface area contributed by atoms with Crippen LogP contribution >= 0.6 is 0 Å². The highest BCUT2D eigenvalue weighted by atomic mass is 16.5. The van der Waals surface area contributed by atoms with E-state index in [1.165, 1.54) is 12.0 Å². The SMILES string of the molecule is CCC1=C(O)CC2=C(OC3(CCC3)CC2)C1(CC)CO. The average molecular weight is 278 g/mol.